The Morgan fingerprint density at radius 2 is 1.74 bits per heavy atom. The van der Waals surface area contributed by atoms with E-state index in [1.165, 1.54) is 23.4 Å². The summed E-state index contributed by atoms with van der Waals surface area (Å²) in [6, 6.07) is 10.7. The van der Waals surface area contributed by atoms with Gasteiger partial charge < -0.3 is 10.1 Å². The third-order valence-corrected chi connectivity index (χ3v) is 6.93. The van der Waals surface area contributed by atoms with Crippen molar-refractivity contribution in [2.75, 3.05) is 18.4 Å². The van der Waals surface area contributed by atoms with E-state index in [1.807, 2.05) is 0 Å². The van der Waals surface area contributed by atoms with Crippen molar-refractivity contribution < 1.29 is 31.5 Å². The quantitative estimate of drug-likeness (QED) is 0.681. The van der Waals surface area contributed by atoms with E-state index < -0.39 is 45.6 Å². The van der Waals surface area contributed by atoms with Gasteiger partial charge in [0.15, 0.2) is 6.10 Å². The number of rotatable bonds is 6. The smallest absolute Gasteiger partial charge is 0.309 e. The molecule has 1 aliphatic rings. The summed E-state index contributed by atoms with van der Waals surface area (Å²) in [7, 11) is -3.63. The molecule has 1 amide bonds. The molecule has 10 heteroatoms. The molecule has 7 nitrogen and oxygen atoms in total. The number of anilines is 1. The number of ether oxygens (including phenoxy) is 1. The van der Waals surface area contributed by atoms with Crippen molar-refractivity contribution in [2.45, 2.75) is 30.8 Å². The molecule has 0 spiro atoms. The molecule has 1 aliphatic heterocycles. The zero-order valence-electron chi connectivity index (χ0n) is 16.8. The van der Waals surface area contributed by atoms with Crippen molar-refractivity contribution in [2.24, 2.45) is 5.92 Å². The average Bonchev–Trinajstić information content (AvgIpc) is 2.76. The lowest BCUT2D eigenvalue weighted by molar-refractivity contribution is -0.158. The van der Waals surface area contributed by atoms with Gasteiger partial charge >= 0.3 is 5.97 Å². The highest BCUT2D eigenvalue weighted by atomic mass is 32.2. The van der Waals surface area contributed by atoms with Gasteiger partial charge in [-0.15, -0.1) is 0 Å². The summed E-state index contributed by atoms with van der Waals surface area (Å²) in [5.74, 6) is -3.67. The summed E-state index contributed by atoms with van der Waals surface area (Å²) < 4.78 is 58.4. The van der Waals surface area contributed by atoms with Gasteiger partial charge in [0.05, 0.1) is 16.5 Å². The van der Waals surface area contributed by atoms with E-state index in [1.54, 1.807) is 18.2 Å². The topological polar surface area (TPSA) is 92.8 Å². The lowest BCUT2D eigenvalue weighted by Crippen LogP contribution is -2.41. The molecule has 1 heterocycles. The number of nitrogens with zero attached hydrogens (tertiary/aromatic N) is 1. The molecular formula is C21H22F2N2O5S. The first kappa shape index (κ1) is 22.8. The zero-order valence-corrected chi connectivity index (χ0v) is 17.6. The van der Waals surface area contributed by atoms with Crippen LogP contribution in [0.4, 0.5) is 14.5 Å². The van der Waals surface area contributed by atoms with Crippen LogP contribution in [0.3, 0.4) is 0 Å². The molecule has 0 saturated carbocycles. The van der Waals surface area contributed by atoms with E-state index in [4.69, 9.17) is 4.74 Å². The molecule has 0 aromatic heterocycles. The van der Waals surface area contributed by atoms with E-state index in [2.05, 4.69) is 5.32 Å². The molecule has 0 radical (unpaired) electrons. The van der Waals surface area contributed by atoms with Gasteiger partial charge in [-0.1, -0.05) is 18.2 Å². The van der Waals surface area contributed by atoms with E-state index in [0.717, 1.165) is 12.1 Å². The number of carbonyl (C=O) groups excluding carboxylic acids is 2. The maximum atomic E-state index is 13.7. The van der Waals surface area contributed by atoms with E-state index in [0.29, 0.717) is 6.07 Å². The van der Waals surface area contributed by atoms with Crippen LogP contribution in [0.15, 0.2) is 53.4 Å². The molecule has 1 atom stereocenters. The first-order chi connectivity index (χ1) is 14.7. The Morgan fingerprint density at radius 3 is 2.35 bits per heavy atom. The maximum Gasteiger partial charge on any atom is 0.309 e. The summed E-state index contributed by atoms with van der Waals surface area (Å²) in [6.45, 7) is 1.64. The van der Waals surface area contributed by atoms with Gasteiger partial charge in [-0.2, -0.15) is 4.31 Å². The van der Waals surface area contributed by atoms with Crippen LogP contribution in [-0.4, -0.2) is 43.8 Å². The average molecular weight is 452 g/mol. The Balaban J connectivity index is 1.53. The first-order valence-electron chi connectivity index (χ1n) is 9.70. The minimum absolute atomic E-state index is 0.151. The number of benzene rings is 2. The van der Waals surface area contributed by atoms with Crippen molar-refractivity contribution in [3.8, 4) is 0 Å². The predicted octanol–water partition coefficient (Wildman–Crippen LogP) is 2.94. The van der Waals surface area contributed by atoms with Gasteiger partial charge in [-0.25, -0.2) is 17.2 Å². The monoisotopic (exact) mass is 452 g/mol. The fraction of sp³-hybridized carbons (Fsp3) is 0.333. The second kappa shape index (κ2) is 9.52. The highest BCUT2D eigenvalue weighted by molar-refractivity contribution is 7.89. The lowest BCUT2D eigenvalue weighted by atomic mass is 9.98. The molecule has 1 saturated heterocycles. The molecule has 0 bridgehead atoms. The Hall–Kier alpha value is -2.85. The van der Waals surface area contributed by atoms with Gasteiger partial charge in [-0.05, 0) is 44.0 Å². The van der Waals surface area contributed by atoms with Crippen molar-refractivity contribution in [3.05, 3.63) is 60.2 Å². The Labute approximate surface area is 179 Å². The number of carbonyl (C=O) groups is 2. The highest BCUT2D eigenvalue weighted by Gasteiger charge is 2.34. The molecule has 0 aliphatic carbocycles. The number of hydrogen-bond donors (Lipinski definition) is 1. The third kappa shape index (κ3) is 5.45. The summed E-state index contributed by atoms with van der Waals surface area (Å²) >= 11 is 0. The number of amides is 1. The number of hydrogen-bond acceptors (Lipinski definition) is 5. The molecule has 3 rings (SSSR count). The molecule has 166 valence electrons. The normalized spacial score (nSPS) is 16.5. The second-order valence-corrected chi connectivity index (χ2v) is 9.12. The van der Waals surface area contributed by atoms with Gasteiger partial charge in [0.1, 0.15) is 11.6 Å². The number of halogens is 2. The molecule has 31 heavy (non-hydrogen) atoms. The molecular weight excluding hydrogens is 430 g/mol. The second-order valence-electron chi connectivity index (χ2n) is 7.18. The zero-order chi connectivity index (χ0) is 22.6. The van der Waals surface area contributed by atoms with Crippen molar-refractivity contribution in [3.63, 3.8) is 0 Å². The highest BCUT2D eigenvalue weighted by Crippen LogP contribution is 2.25. The van der Waals surface area contributed by atoms with Crippen molar-refractivity contribution in [1.29, 1.82) is 0 Å². The maximum absolute atomic E-state index is 13.7. The Kier molecular flexibility index (Phi) is 7.01. The van der Waals surface area contributed by atoms with E-state index in [9.17, 15) is 26.8 Å². The molecule has 1 N–H and O–H groups in total. The minimum atomic E-state index is -3.63. The largest absolute Gasteiger partial charge is 0.452 e. The van der Waals surface area contributed by atoms with Crippen molar-refractivity contribution >= 4 is 27.6 Å². The van der Waals surface area contributed by atoms with Crippen LogP contribution in [0.1, 0.15) is 19.8 Å². The minimum Gasteiger partial charge on any atom is -0.452 e. The summed E-state index contributed by atoms with van der Waals surface area (Å²) in [6.07, 6.45) is -0.694. The third-order valence-electron chi connectivity index (χ3n) is 5.02. The van der Waals surface area contributed by atoms with Crippen LogP contribution < -0.4 is 5.32 Å². The summed E-state index contributed by atoms with van der Waals surface area (Å²) in [4.78, 5) is 24.8. The van der Waals surface area contributed by atoms with Crippen LogP contribution >= 0.6 is 0 Å². The van der Waals surface area contributed by atoms with Gasteiger partial charge in [-0.3, -0.25) is 9.59 Å². The van der Waals surface area contributed by atoms with Gasteiger partial charge in [0, 0.05) is 19.2 Å². The number of esters is 1. The number of nitrogens with one attached hydrogen (secondary N) is 1. The Bertz CT molecular complexity index is 1050. The van der Waals surface area contributed by atoms with E-state index in [-0.39, 0.29) is 36.5 Å². The van der Waals surface area contributed by atoms with Crippen LogP contribution in [-0.2, 0) is 24.3 Å². The predicted molar refractivity (Wildman–Crippen MR) is 108 cm³/mol. The van der Waals surface area contributed by atoms with Crippen LogP contribution in [0.25, 0.3) is 0 Å². The standard InChI is InChI=1S/C21H22F2N2O5S/c1-14(20(26)24-19-8-7-16(22)13-18(19)23)30-21(27)15-9-11-25(12-10-15)31(28,29)17-5-3-2-4-6-17/h2-8,13-15H,9-12H2,1H3,(H,24,26). The fourth-order valence-corrected chi connectivity index (χ4v) is 4.71. The SMILES string of the molecule is CC(OC(=O)C1CCN(S(=O)(=O)c2ccccc2)CC1)C(=O)Nc1ccc(F)cc1F. The van der Waals surface area contributed by atoms with Gasteiger partial charge in [0.25, 0.3) is 5.91 Å². The number of sulfonamides is 1. The Morgan fingerprint density at radius 1 is 1.10 bits per heavy atom. The van der Waals surface area contributed by atoms with Crippen LogP contribution in [0.2, 0.25) is 0 Å². The first-order valence-corrected chi connectivity index (χ1v) is 11.1. The summed E-state index contributed by atoms with van der Waals surface area (Å²) in [5, 5.41) is 2.25. The number of piperidine rings is 1. The molecule has 1 fully saturated rings. The van der Waals surface area contributed by atoms with Gasteiger partial charge in [0.2, 0.25) is 10.0 Å². The van der Waals surface area contributed by atoms with Crippen LogP contribution in [0, 0.1) is 17.6 Å². The molecule has 2 aromatic carbocycles. The molecule has 2 aromatic rings. The van der Waals surface area contributed by atoms with Crippen LogP contribution in [0.5, 0.6) is 0 Å². The lowest BCUT2D eigenvalue weighted by Gasteiger charge is -2.30. The summed E-state index contributed by atoms with van der Waals surface area (Å²) in [5.41, 5.74) is -0.228. The van der Waals surface area contributed by atoms with E-state index >= 15 is 0 Å². The molecule has 1 unspecified atom stereocenters. The van der Waals surface area contributed by atoms with Crippen molar-refractivity contribution in [1.82, 2.24) is 4.31 Å². The fourth-order valence-electron chi connectivity index (χ4n) is 3.22.